The van der Waals surface area contributed by atoms with Gasteiger partial charge in [-0.3, -0.25) is 9.78 Å². The second kappa shape index (κ2) is 7.53. The number of hydrogen-bond donors (Lipinski definition) is 0. The molecule has 2 fully saturated rings. The number of aromatic nitrogens is 3. The number of pyridine rings is 1. The summed E-state index contributed by atoms with van der Waals surface area (Å²) in [7, 11) is 0. The fourth-order valence-electron chi connectivity index (χ4n) is 3.24. The highest BCUT2D eigenvalue weighted by atomic mass is 16.5. The van der Waals surface area contributed by atoms with Crippen molar-refractivity contribution in [1.82, 2.24) is 20.0 Å². The molecular weight excluding hydrogens is 332 g/mol. The van der Waals surface area contributed by atoms with Crippen LogP contribution in [0, 0.1) is 12.8 Å². The smallest absolute Gasteiger partial charge is 0.255 e. The van der Waals surface area contributed by atoms with Crippen molar-refractivity contribution in [3.8, 4) is 0 Å². The number of amides is 1. The minimum atomic E-state index is 0.0197. The van der Waals surface area contributed by atoms with Crippen LogP contribution in [0.4, 0.5) is 0 Å². The highest BCUT2D eigenvalue weighted by Crippen LogP contribution is 2.29. The van der Waals surface area contributed by atoms with Crippen molar-refractivity contribution < 1.29 is 14.1 Å². The SMILES string of the molecule is Cc1ccncc1C(=O)N1CCC(c2nc(CCOCC3CC3)no2)C1. The molecule has 26 heavy (non-hydrogen) atoms. The van der Waals surface area contributed by atoms with Crippen LogP contribution in [0.15, 0.2) is 23.0 Å². The van der Waals surface area contributed by atoms with E-state index in [4.69, 9.17) is 9.26 Å². The minimum absolute atomic E-state index is 0.0197. The lowest BCUT2D eigenvalue weighted by Gasteiger charge is -2.16. The van der Waals surface area contributed by atoms with Crippen LogP contribution in [-0.2, 0) is 11.2 Å². The number of nitrogens with zero attached hydrogens (tertiary/aromatic N) is 4. The lowest BCUT2D eigenvalue weighted by atomic mass is 10.1. The molecule has 0 radical (unpaired) electrons. The molecule has 3 heterocycles. The van der Waals surface area contributed by atoms with Crippen LogP contribution in [0.1, 0.15) is 52.8 Å². The van der Waals surface area contributed by atoms with Gasteiger partial charge in [-0.05, 0) is 43.7 Å². The van der Waals surface area contributed by atoms with Gasteiger partial charge in [0.2, 0.25) is 5.89 Å². The molecule has 1 atom stereocenters. The molecule has 1 amide bonds. The molecule has 7 nitrogen and oxygen atoms in total. The molecule has 4 rings (SSSR count). The van der Waals surface area contributed by atoms with Crippen LogP contribution >= 0.6 is 0 Å². The first kappa shape index (κ1) is 17.1. The van der Waals surface area contributed by atoms with Crippen LogP contribution in [-0.4, -0.2) is 52.2 Å². The van der Waals surface area contributed by atoms with Gasteiger partial charge in [0.25, 0.3) is 5.91 Å². The number of rotatable bonds is 7. The Bertz CT molecular complexity index is 772. The van der Waals surface area contributed by atoms with Crippen LogP contribution in [0.2, 0.25) is 0 Å². The van der Waals surface area contributed by atoms with Crippen molar-refractivity contribution in [3.05, 3.63) is 41.3 Å². The topological polar surface area (TPSA) is 81.4 Å². The van der Waals surface area contributed by atoms with Crippen LogP contribution < -0.4 is 0 Å². The third-order valence-corrected chi connectivity index (χ3v) is 5.10. The van der Waals surface area contributed by atoms with Crippen molar-refractivity contribution in [2.24, 2.45) is 5.92 Å². The normalized spacial score (nSPS) is 19.9. The standard InChI is InChI=1S/C19H24N4O3/c1-13-4-7-20-10-16(13)19(24)23-8-5-15(11-23)18-21-17(22-26-18)6-9-25-12-14-2-3-14/h4,7,10,14-15H,2-3,5-6,8-9,11-12H2,1H3. The fourth-order valence-corrected chi connectivity index (χ4v) is 3.24. The van der Waals surface area contributed by atoms with Gasteiger partial charge in [0.05, 0.1) is 18.1 Å². The van der Waals surface area contributed by atoms with Gasteiger partial charge in [0.15, 0.2) is 5.82 Å². The number of ether oxygens (including phenoxy) is 1. The molecule has 0 N–H and O–H groups in total. The predicted octanol–water partition coefficient (Wildman–Crippen LogP) is 2.37. The molecule has 1 unspecified atom stereocenters. The van der Waals surface area contributed by atoms with E-state index < -0.39 is 0 Å². The summed E-state index contributed by atoms with van der Waals surface area (Å²) in [6.07, 6.45) is 7.43. The van der Waals surface area contributed by atoms with E-state index >= 15 is 0 Å². The molecule has 1 aliphatic carbocycles. The van der Waals surface area contributed by atoms with Crippen molar-refractivity contribution in [2.75, 3.05) is 26.3 Å². The largest absolute Gasteiger partial charge is 0.381 e. The van der Waals surface area contributed by atoms with Gasteiger partial charge in [-0.1, -0.05) is 5.16 Å². The zero-order valence-corrected chi connectivity index (χ0v) is 15.1. The Hall–Kier alpha value is -2.28. The quantitative estimate of drug-likeness (QED) is 0.709. The van der Waals surface area contributed by atoms with Gasteiger partial charge >= 0.3 is 0 Å². The number of aryl methyl sites for hydroxylation is 1. The zero-order valence-electron chi connectivity index (χ0n) is 15.1. The van der Waals surface area contributed by atoms with Gasteiger partial charge in [-0.15, -0.1) is 0 Å². The lowest BCUT2D eigenvalue weighted by Crippen LogP contribution is -2.29. The molecule has 2 aliphatic rings. The van der Waals surface area contributed by atoms with Crippen molar-refractivity contribution in [3.63, 3.8) is 0 Å². The van der Waals surface area contributed by atoms with E-state index in [2.05, 4.69) is 15.1 Å². The van der Waals surface area contributed by atoms with Crippen molar-refractivity contribution in [2.45, 2.75) is 38.5 Å². The molecular formula is C19H24N4O3. The van der Waals surface area contributed by atoms with Crippen LogP contribution in [0.5, 0.6) is 0 Å². The number of hydrogen-bond acceptors (Lipinski definition) is 6. The predicted molar refractivity (Wildman–Crippen MR) is 93.8 cm³/mol. The average Bonchev–Trinajstić information content (AvgIpc) is 3.15. The molecule has 138 valence electrons. The lowest BCUT2D eigenvalue weighted by molar-refractivity contribution is 0.0788. The average molecular weight is 356 g/mol. The third kappa shape index (κ3) is 3.93. The summed E-state index contributed by atoms with van der Waals surface area (Å²) >= 11 is 0. The zero-order chi connectivity index (χ0) is 17.9. The van der Waals surface area contributed by atoms with Crippen molar-refractivity contribution in [1.29, 1.82) is 0 Å². The molecule has 0 aromatic carbocycles. The molecule has 0 bridgehead atoms. The highest BCUT2D eigenvalue weighted by Gasteiger charge is 2.32. The third-order valence-electron chi connectivity index (χ3n) is 5.10. The Morgan fingerprint density at radius 3 is 3.08 bits per heavy atom. The molecule has 2 aromatic heterocycles. The van der Waals surface area contributed by atoms with Gasteiger partial charge in [-0.25, -0.2) is 0 Å². The Labute approximate surface area is 152 Å². The maximum atomic E-state index is 12.7. The number of carbonyl (C=O) groups is 1. The number of carbonyl (C=O) groups excluding carboxylic acids is 1. The Balaban J connectivity index is 1.30. The van der Waals surface area contributed by atoms with Gasteiger partial charge in [0, 0.05) is 38.5 Å². The molecule has 0 spiro atoms. The van der Waals surface area contributed by atoms with Gasteiger partial charge in [-0.2, -0.15) is 4.98 Å². The summed E-state index contributed by atoms with van der Waals surface area (Å²) in [6, 6.07) is 1.86. The summed E-state index contributed by atoms with van der Waals surface area (Å²) in [5.41, 5.74) is 1.60. The Kier molecular flexibility index (Phi) is 4.97. The molecule has 1 aliphatic heterocycles. The fraction of sp³-hybridized carbons (Fsp3) is 0.579. The van der Waals surface area contributed by atoms with Gasteiger partial charge < -0.3 is 14.2 Å². The van der Waals surface area contributed by atoms with E-state index in [-0.39, 0.29) is 11.8 Å². The maximum absolute atomic E-state index is 12.7. The second-order valence-electron chi connectivity index (χ2n) is 7.24. The van der Waals surface area contributed by atoms with E-state index in [1.54, 1.807) is 12.4 Å². The van der Waals surface area contributed by atoms with E-state index in [1.807, 2.05) is 17.9 Å². The molecule has 2 aromatic rings. The minimum Gasteiger partial charge on any atom is -0.381 e. The summed E-state index contributed by atoms with van der Waals surface area (Å²) < 4.78 is 11.1. The number of likely N-dealkylation sites (tertiary alicyclic amines) is 1. The molecule has 1 saturated carbocycles. The molecule has 1 saturated heterocycles. The first-order chi connectivity index (χ1) is 12.7. The summed E-state index contributed by atoms with van der Waals surface area (Å²) in [5, 5.41) is 4.06. The Morgan fingerprint density at radius 2 is 2.27 bits per heavy atom. The summed E-state index contributed by atoms with van der Waals surface area (Å²) in [6.45, 7) is 4.70. The first-order valence-electron chi connectivity index (χ1n) is 9.31. The summed E-state index contributed by atoms with van der Waals surface area (Å²) in [4.78, 5) is 23.1. The highest BCUT2D eigenvalue weighted by molar-refractivity contribution is 5.95. The van der Waals surface area contributed by atoms with E-state index in [9.17, 15) is 4.79 Å². The van der Waals surface area contributed by atoms with Crippen LogP contribution in [0.3, 0.4) is 0 Å². The summed E-state index contributed by atoms with van der Waals surface area (Å²) in [5.74, 6) is 2.20. The Morgan fingerprint density at radius 1 is 1.38 bits per heavy atom. The first-order valence-corrected chi connectivity index (χ1v) is 9.31. The monoisotopic (exact) mass is 356 g/mol. The van der Waals surface area contributed by atoms with E-state index in [0.29, 0.717) is 43.4 Å². The second-order valence-corrected chi connectivity index (χ2v) is 7.24. The van der Waals surface area contributed by atoms with E-state index in [1.165, 1.54) is 12.8 Å². The van der Waals surface area contributed by atoms with E-state index in [0.717, 1.165) is 24.5 Å². The maximum Gasteiger partial charge on any atom is 0.255 e. The van der Waals surface area contributed by atoms with Crippen LogP contribution in [0.25, 0.3) is 0 Å². The van der Waals surface area contributed by atoms with Crippen molar-refractivity contribution >= 4 is 5.91 Å². The molecule has 7 heteroatoms. The van der Waals surface area contributed by atoms with Gasteiger partial charge in [0.1, 0.15) is 0 Å².